The fraction of sp³-hybridized carbons (Fsp3) is 0.733. The van der Waals surface area contributed by atoms with Crippen LogP contribution in [0.4, 0.5) is 5.82 Å². The van der Waals surface area contributed by atoms with Crippen molar-refractivity contribution in [2.45, 2.75) is 45.9 Å². The van der Waals surface area contributed by atoms with Crippen molar-refractivity contribution >= 4 is 5.82 Å². The highest BCUT2D eigenvalue weighted by atomic mass is 16.5. The third kappa shape index (κ3) is 3.83. The molecule has 1 fully saturated rings. The summed E-state index contributed by atoms with van der Waals surface area (Å²) in [7, 11) is 0. The summed E-state index contributed by atoms with van der Waals surface area (Å²) in [4.78, 5) is 18.9. The molecule has 2 N–H and O–H groups in total. The lowest BCUT2D eigenvalue weighted by atomic mass is 10.1. The van der Waals surface area contributed by atoms with Crippen LogP contribution in [0.5, 0.6) is 0 Å². The van der Waals surface area contributed by atoms with Crippen LogP contribution in [0, 0.1) is 5.92 Å². The van der Waals surface area contributed by atoms with E-state index < -0.39 is 0 Å². The summed E-state index contributed by atoms with van der Waals surface area (Å²) >= 11 is 0. The molecule has 2 rings (SSSR count). The second-order valence-corrected chi connectivity index (χ2v) is 6.72. The van der Waals surface area contributed by atoms with Gasteiger partial charge in [0.25, 0.3) is 5.56 Å². The minimum atomic E-state index is -0.338. The third-order valence-electron chi connectivity index (χ3n) is 3.50. The van der Waals surface area contributed by atoms with E-state index in [1.807, 2.05) is 18.7 Å². The fourth-order valence-corrected chi connectivity index (χ4v) is 2.77. The van der Waals surface area contributed by atoms with Gasteiger partial charge in [0, 0.05) is 38.6 Å². The Morgan fingerprint density at radius 2 is 2.24 bits per heavy atom. The van der Waals surface area contributed by atoms with Crippen LogP contribution in [0.25, 0.3) is 0 Å². The largest absolute Gasteiger partial charge is 0.367 e. The van der Waals surface area contributed by atoms with E-state index in [9.17, 15) is 4.79 Å². The Morgan fingerprint density at radius 3 is 2.86 bits per heavy atom. The molecule has 1 saturated heterocycles. The third-order valence-corrected chi connectivity index (χ3v) is 3.50. The number of morpholine rings is 1. The Bertz CT molecular complexity index is 539. The zero-order valence-corrected chi connectivity index (χ0v) is 13.4. The van der Waals surface area contributed by atoms with E-state index in [-0.39, 0.29) is 17.3 Å². The molecule has 0 bridgehead atoms. The van der Waals surface area contributed by atoms with E-state index in [4.69, 9.17) is 10.5 Å². The van der Waals surface area contributed by atoms with Crippen LogP contribution in [-0.4, -0.2) is 40.9 Å². The summed E-state index contributed by atoms with van der Waals surface area (Å²) < 4.78 is 7.64. The first kappa shape index (κ1) is 16.0. The molecular formula is C15H26N4O2. The maximum atomic E-state index is 12.6. The monoisotopic (exact) mass is 294 g/mol. The number of nitrogens with zero attached hydrogens (tertiary/aromatic N) is 3. The second kappa shape index (κ2) is 6.15. The lowest BCUT2D eigenvalue weighted by Crippen LogP contribution is -2.56. The molecule has 0 radical (unpaired) electrons. The Labute approximate surface area is 125 Å². The standard InChI is InChI=1S/C15H26N4O2/c1-11(2)8-18-6-5-17-13(14(18)20)19-9-12(7-16)21-15(3,4)10-19/h5-6,11-12H,7-10,16H2,1-4H3. The van der Waals surface area contributed by atoms with E-state index in [2.05, 4.69) is 18.8 Å². The Hall–Kier alpha value is -1.40. The minimum Gasteiger partial charge on any atom is -0.367 e. The predicted octanol–water partition coefficient (Wildman–Crippen LogP) is 0.842. The molecule has 0 aromatic carbocycles. The van der Waals surface area contributed by atoms with Gasteiger partial charge in [0.1, 0.15) is 0 Å². The molecule has 0 spiro atoms. The van der Waals surface area contributed by atoms with Crippen molar-refractivity contribution in [3.05, 3.63) is 22.7 Å². The number of rotatable bonds is 4. The number of anilines is 1. The van der Waals surface area contributed by atoms with Gasteiger partial charge in [-0.2, -0.15) is 0 Å². The van der Waals surface area contributed by atoms with Crippen LogP contribution < -0.4 is 16.2 Å². The molecule has 1 unspecified atom stereocenters. The molecule has 1 aliphatic rings. The predicted molar refractivity (Wildman–Crippen MR) is 83.6 cm³/mol. The SMILES string of the molecule is CC(C)Cn1ccnc(N2CC(CN)OC(C)(C)C2)c1=O. The van der Waals surface area contributed by atoms with Gasteiger partial charge in [-0.3, -0.25) is 4.79 Å². The van der Waals surface area contributed by atoms with Crippen LogP contribution in [0.15, 0.2) is 17.2 Å². The summed E-state index contributed by atoms with van der Waals surface area (Å²) in [6, 6.07) is 0. The Kier molecular flexibility index (Phi) is 4.68. The maximum absolute atomic E-state index is 12.6. The van der Waals surface area contributed by atoms with Crippen molar-refractivity contribution < 1.29 is 4.74 Å². The molecule has 1 atom stereocenters. The first-order valence-electron chi connectivity index (χ1n) is 7.50. The fourth-order valence-electron chi connectivity index (χ4n) is 2.77. The zero-order chi connectivity index (χ0) is 15.6. The summed E-state index contributed by atoms with van der Waals surface area (Å²) in [5.74, 6) is 0.906. The number of nitrogens with two attached hydrogens (primary N) is 1. The molecular weight excluding hydrogens is 268 g/mol. The highest BCUT2D eigenvalue weighted by molar-refractivity contribution is 5.37. The molecule has 1 aromatic rings. The van der Waals surface area contributed by atoms with Gasteiger partial charge in [-0.05, 0) is 19.8 Å². The van der Waals surface area contributed by atoms with Gasteiger partial charge >= 0.3 is 0 Å². The molecule has 2 heterocycles. The van der Waals surface area contributed by atoms with Gasteiger partial charge in [-0.25, -0.2) is 4.98 Å². The molecule has 1 aliphatic heterocycles. The van der Waals surface area contributed by atoms with Gasteiger partial charge in [-0.1, -0.05) is 13.8 Å². The first-order chi connectivity index (χ1) is 9.82. The van der Waals surface area contributed by atoms with Crippen LogP contribution in [0.2, 0.25) is 0 Å². The number of hydrogen-bond donors (Lipinski definition) is 1. The summed E-state index contributed by atoms with van der Waals surface area (Å²) in [6.07, 6.45) is 3.37. The summed E-state index contributed by atoms with van der Waals surface area (Å²) in [5, 5.41) is 0. The maximum Gasteiger partial charge on any atom is 0.293 e. The van der Waals surface area contributed by atoms with E-state index >= 15 is 0 Å². The summed E-state index contributed by atoms with van der Waals surface area (Å²) in [6.45, 7) is 10.6. The van der Waals surface area contributed by atoms with Gasteiger partial charge in [-0.15, -0.1) is 0 Å². The Balaban J connectivity index is 2.30. The first-order valence-corrected chi connectivity index (χ1v) is 7.50. The van der Waals surface area contributed by atoms with Crippen LogP contribution in [-0.2, 0) is 11.3 Å². The van der Waals surface area contributed by atoms with Crippen molar-refractivity contribution in [3.8, 4) is 0 Å². The molecule has 6 heteroatoms. The van der Waals surface area contributed by atoms with Crippen molar-refractivity contribution in [2.75, 3.05) is 24.5 Å². The number of aromatic nitrogens is 2. The zero-order valence-electron chi connectivity index (χ0n) is 13.4. The van der Waals surface area contributed by atoms with Crippen molar-refractivity contribution in [1.82, 2.24) is 9.55 Å². The van der Waals surface area contributed by atoms with Crippen LogP contribution >= 0.6 is 0 Å². The van der Waals surface area contributed by atoms with Crippen molar-refractivity contribution in [1.29, 1.82) is 0 Å². The average Bonchev–Trinajstić information content (AvgIpc) is 2.38. The molecule has 0 amide bonds. The van der Waals surface area contributed by atoms with Gasteiger partial charge < -0.3 is 19.9 Å². The highest BCUT2D eigenvalue weighted by Crippen LogP contribution is 2.22. The van der Waals surface area contributed by atoms with Gasteiger partial charge in [0.15, 0.2) is 5.82 Å². The van der Waals surface area contributed by atoms with Gasteiger partial charge in [0.2, 0.25) is 0 Å². The number of ether oxygens (including phenoxy) is 1. The topological polar surface area (TPSA) is 73.4 Å². The normalized spacial score (nSPS) is 21.8. The lowest BCUT2D eigenvalue weighted by molar-refractivity contribution is -0.0791. The molecule has 0 aliphatic carbocycles. The van der Waals surface area contributed by atoms with E-state index in [0.29, 0.717) is 37.9 Å². The molecule has 6 nitrogen and oxygen atoms in total. The van der Waals surface area contributed by atoms with Crippen molar-refractivity contribution in [3.63, 3.8) is 0 Å². The molecule has 21 heavy (non-hydrogen) atoms. The van der Waals surface area contributed by atoms with E-state index in [1.54, 1.807) is 17.0 Å². The van der Waals surface area contributed by atoms with Gasteiger partial charge in [0.05, 0.1) is 11.7 Å². The molecule has 118 valence electrons. The molecule has 1 aromatic heterocycles. The van der Waals surface area contributed by atoms with Crippen LogP contribution in [0.1, 0.15) is 27.7 Å². The smallest absolute Gasteiger partial charge is 0.293 e. The molecule has 0 saturated carbocycles. The van der Waals surface area contributed by atoms with E-state index in [1.165, 1.54) is 0 Å². The second-order valence-electron chi connectivity index (χ2n) is 6.72. The van der Waals surface area contributed by atoms with E-state index in [0.717, 1.165) is 0 Å². The average molecular weight is 294 g/mol. The highest BCUT2D eigenvalue weighted by Gasteiger charge is 2.34. The number of hydrogen-bond acceptors (Lipinski definition) is 5. The Morgan fingerprint density at radius 1 is 1.52 bits per heavy atom. The summed E-state index contributed by atoms with van der Waals surface area (Å²) in [5.41, 5.74) is 5.36. The minimum absolute atomic E-state index is 0.0420. The van der Waals surface area contributed by atoms with Crippen LogP contribution in [0.3, 0.4) is 0 Å². The lowest BCUT2D eigenvalue weighted by Gasteiger charge is -2.42. The van der Waals surface area contributed by atoms with Crippen molar-refractivity contribution in [2.24, 2.45) is 11.7 Å². The quantitative estimate of drug-likeness (QED) is 0.891.